The molecule has 0 radical (unpaired) electrons. The third-order valence-corrected chi connectivity index (χ3v) is 5.10. The lowest BCUT2D eigenvalue weighted by molar-refractivity contribution is -0.119. The standard InChI is InChI=1S/C18H14ClFN2O4S/c1-9-17(24)22-14-6-10(2-5-15(14)27-9)18(25)26-8-16(23)21-13-4-3-11(19)7-12(13)20/h2-7,9H,8H2,1H3,(H,21,23)(H,22,24). The molecule has 0 spiro atoms. The van der Waals surface area contributed by atoms with E-state index in [0.717, 1.165) is 11.0 Å². The zero-order valence-electron chi connectivity index (χ0n) is 14.0. The number of thioether (sulfide) groups is 1. The van der Waals surface area contributed by atoms with E-state index in [-0.39, 0.29) is 27.4 Å². The molecular weight excluding hydrogens is 395 g/mol. The highest BCUT2D eigenvalue weighted by atomic mass is 35.5. The van der Waals surface area contributed by atoms with Crippen LogP contribution >= 0.6 is 23.4 Å². The summed E-state index contributed by atoms with van der Waals surface area (Å²) in [7, 11) is 0. The fraction of sp³-hybridized carbons (Fsp3) is 0.167. The molecule has 3 rings (SSSR count). The molecule has 0 saturated heterocycles. The van der Waals surface area contributed by atoms with Crippen molar-refractivity contribution in [2.45, 2.75) is 17.1 Å². The number of rotatable bonds is 4. The summed E-state index contributed by atoms with van der Waals surface area (Å²) in [5.41, 5.74) is 0.642. The molecule has 1 aliphatic rings. The minimum atomic E-state index is -0.734. The monoisotopic (exact) mass is 408 g/mol. The highest BCUT2D eigenvalue weighted by Gasteiger charge is 2.24. The van der Waals surface area contributed by atoms with E-state index in [1.54, 1.807) is 19.1 Å². The molecule has 6 nitrogen and oxygen atoms in total. The Labute approximate surface area is 163 Å². The average Bonchev–Trinajstić information content (AvgIpc) is 2.62. The highest BCUT2D eigenvalue weighted by molar-refractivity contribution is 8.00. The first kappa shape index (κ1) is 19.2. The van der Waals surface area contributed by atoms with Crippen LogP contribution in [-0.4, -0.2) is 29.6 Å². The van der Waals surface area contributed by atoms with E-state index in [9.17, 15) is 18.8 Å². The van der Waals surface area contributed by atoms with Crippen LogP contribution in [0.15, 0.2) is 41.3 Å². The molecule has 2 aromatic rings. The summed E-state index contributed by atoms with van der Waals surface area (Å²) in [6, 6.07) is 8.54. The number of ether oxygens (including phenoxy) is 1. The average molecular weight is 409 g/mol. The molecule has 2 aromatic carbocycles. The first-order valence-corrected chi connectivity index (χ1v) is 9.13. The van der Waals surface area contributed by atoms with Crippen LogP contribution < -0.4 is 10.6 Å². The van der Waals surface area contributed by atoms with Crippen LogP contribution in [0.25, 0.3) is 0 Å². The van der Waals surface area contributed by atoms with Gasteiger partial charge in [-0.15, -0.1) is 11.8 Å². The lowest BCUT2D eigenvalue weighted by Gasteiger charge is -2.21. The Morgan fingerprint density at radius 1 is 1.30 bits per heavy atom. The van der Waals surface area contributed by atoms with Gasteiger partial charge in [0.15, 0.2) is 6.61 Å². The van der Waals surface area contributed by atoms with Crippen molar-refractivity contribution in [1.29, 1.82) is 0 Å². The zero-order chi connectivity index (χ0) is 19.6. The summed E-state index contributed by atoms with van der Waals surface area (Å²) in [6.07, 6.45) is 0. The summed E-state index contributed by atoms with van der Waals surface area (Å²) in [5.74, 6) is -2.27. The van der Waals surface area contributed by atoms with Crippen molar-refractivity contribution in [3.63, 3.8) is 0 Å². The number of hydrogen-bond acceptors (Lipinski definition) is 5. The third-order valence-electron chi connectivity index (χ3n) is 3.69. The van der Waals surface area contributed by atoms with Crippen LogP contribution in [-0.2, 0) is 14.3 Å². The number of esters is 1. The van der Waals surface area contributed by atoms with Gasteiger partial charge < -0.3 is 15.4 Å². The van der Waals surface area contributed by atoms with Gasteiger partial charge in [-0.3, -0.25) is 9.59 Å². The van der Waals surface area contributed by atoms with Gasteiger partial charge >= 0.3 is 5.97 Å². The van der Waals surface area contributed by atoms with Crippen molar-refractivity contribution in [2.24, 2.45) is 0 Å². The van der Waals surface area contributed by atoms with Gasteiger partial charge in [-0.1, -0.05) is 11.6 Å². The summed E-state index contributed by atoms with van der Waals surface area (Å²) >= 11 is 7.03. The van der Waals surface area contributed by atoms with Crippen LogP contribution in [0.5, 0.6) is 0 Å². The normalized spacial score (nSPS) is 15.5. The van der Waals surface area contributed by atoms with E-state index in [0.29, 0.717) is 5.69 Å². The van der Waals surface area contributed by atoms with Gasteiger partial charge in [0.1, 0.15) is 5.82 Å². The molecule has 1 unspecified atom stereocenters. The minimum absolute atomic E-state index is 0.0666. The van der Waals surface area contributed by atoms with Gasteiger partial charge in [-0.05, 0) is 43.3 Å². The van der Waals surface area contributed by atoms with E-state index in [2.05, 4.69) is 10.6 Å². The number of halogens is 2. The van der Waals surface area contributed by atoms with Crippen LogP contribution in [0.1, 0.15) is 17.3 Å². The lowest BCUT2D eigenvalue weighted by Crippen LogP contribution is -2.26. The van der Waals surface area contributed by atoms with Gasteiger partial charge in [0.05, 0.1) is 22.2 Å². The van der Waals surface area contributed by atoms with Crippen molar-refractivity contribution < 1.29 is 23.5 Å². The summed E-state index contributed by atoms with van der Waals surface area (Å²) in [4.78, 5) is 36.6. The van der Waals surface area contributed by atoms with E-state index < -0.39 is 24.3 Å². The second-order valence-corrected chi connectivity index (χ2v) is 7.53. The van der Waals surface area contributed by atoms with Crippen LogP contribution in [0.3, 0.4) is 0 Å². The van der Waals surface area contributed by atoms with Crippen LogP contribution in [0.4, 0.5) is 15.8 Å². The molecular formula is C18H14ClFN2O4S. The maximum Gasteiger partial charge on any atom is 0.338 e. The van der Waals surface area contributed by atoms with E-state index in [1.165, 1.54) is 30.0 Å². The smallest absolute Gasteiger partial charge is 0.338 e. The predicted octanol–water partition coefficient (Wildman–Crippen LogP) is 3.71. The summed E-state index contributed by atoms with van der Waals surface area (Å²) < 4.78 is 18.6. The molecule has 0 bridgehead atoms. The number of benzene rings is 2. The van der Waals surface area contributed by atoms with E-state index in [1.807, 2.05) is 0 Å². The molecule has 0 fully saturated rings. The number of amides is 2. The number of anilines is 2. The van der Waals surface area contributed by atoms with E-state index >= 15 is 0 Å². The number of carbonyl (C=O) groups is 3. The predicted molar refractivity (Wildman–Crippen MR) is 101 cm³/mol. The van der Waals surface area contributed by atoms with Gasteiger partial charge in [0.2, 0.25) is 5.91 Å². The first-order chi connectivity index (χ1) is 12.8. The Hall–Kier alpha value is -2.58. The van der Waals surface area contributed by atoms with Crippen molar-refractivity contribution in [1.82, 2.24) is 0 Å². The maximum absolute atomic E-state index is 13.7. The summed E-state index contributed by atoms with van der Waals surface area (Å²) in [6.45, 7) is 1.20. The fourth-order valence-electron chi connectivity index (χ4n) is 2.33. The maximum atomic E-state index is 13.7. The Morgan fingerprint density at radius 2 is 2.07 bits per heavy atom. The van der Waals surface area contributed by atoms with Crippen LogP contribution in [0.2, 0.25) is 5.02 Å². The topological polar surface area (TPSA) is 84.5 Å². The van der Waals surface area contributed by atoms with Gasteiger partial charge in [0.25, 0.3) is 5.91 Å². The zero-order valence-corrected chi connectivity index (χ0v) is 15.6. The number of nitrogens with one attached hydrogen (secondary N) is 2. The number of hydrogen-bond donors (Lipinski definition) is 2. The molecule has 0 aliphatic carbocycles. The molecule has 1 atom stereocenters. The minimum Gasteiger partial charge on any atom is -0.452 e. The molecule has 140 valence electrons. The largest absolute Gasteiger partial charge is 0.452 e. The molecule has 0 aromatic heterocycles. The molecule has 1 aliphatic heterocycles. The van der Waals surface area contributed by atoms with Gasteiger partial charge in [-0.25, -0.2) is 9.18 Å². The molecule has 27 heavy (non-hydrogen) atoms. The van der Waals surface area contributed by atoms with Gasteiger partial charge in [0, 0.05) is 9.92 Å². The highest BCUT2D eigenvalue weighted by Crippen LogP contribution is 2.36. The Balaban J connectivity index is 1.60. The summed E-state index contributed by atoms with van der Waals surface area (Å²) in [5, 5.41) is 4.99. The Kier molecular flexibility index (Phi) is 5.67. The van der Waals surface area contributed by atoms with Crippen molar-refractivity contribution in [3.8, 4) is 0 Å². The SMILES string of the molecule is CC1Sc2ccc(C(=O)OCC(=O)Nc3ccc(Cl)cc3F)cc2NC1=O. The lowest BCUT2D eigenvalue weighted by atomic mass is 10.2. The molecule has 2 N–H and O–H groups in total. The fourth-order valence-corrected chi connectivity index (χ4v) is 3.42. The van der Waals surface area contributed by atoms with Crippen molar-refractivity contribution in [2.75, 3.05) is 17.2 Å². The molecule has 2 amide bonds. The molecule has 9 heteroatoms. The van der Waals surface area contributed by atoms with Gasteiger partial charge in [-0.2, -0.15) is 0 Å². The number of carbonyl (C=O) groups excluding carboxylic acids is 3. The second-order valence-electron chi connectivity index (χ2n) is 5.71. The van der Waals surface area contributed by atoms with Crippen molar-refractivity contribution in [3.05, 3.63) is 52.8 Å². The first-order valence-electron chi connectivity index (χ1n) is 7.87. The van der Waals surface area contributed by atoms with Crippen LogP contribution in [0, 0.1) is 5.82 Å². The molecule has 0 saturated carbocycles. The third kappa shape index (κ3) is 4.58. The van der Waals surface area contributed by atoms with Crippen molar-refractivity contribution >= 4 is 52.5 Å². The number of fused-ring (bicyclic) bond motifs is 1. The quantitative estimate of drug-likeness (QED) is 0.753. The molecule has 1 heterocycles. The Morgan fingerprint density at radius 3 is 2.81 bits per heavy atom. The Bertz CT molecular complexity index is 938. The van der Waals surface area contributed by atoms with E-state index in [4.69, 9.17) is 16.3 Å². The second kappa shape index (κ2) is 7.98.